The monoisotopic (exact) mass is 545 g/mol. The number of allylic oxidation sites excluding steroid dienone is 2. The van der Waals surface area contributed by atoms with Crippen LogP contribution in [0.5, 0.6) is 0 Å². The van der Waals surface area contributed by atoms with E-state index < -0.39 is 29.2 Å². The number of pyridine rings is 1. The number of nitrogens with zero attached hydrogens (tertiary/aromatic N) is 5. The van der Waals surface area contributed by atoms with E-state index in [4.69, 9.17) is 10.6 Å². The predicted molar refractivity (Wildman–Crippen MR) is 133 cm³/mol. The van der Waals surface area contributed by atoms with E-state index in [-0.39, 0.29) is 22.4 Å². The van der Waals surface area contributed by atoms with E-state index in [1.165, 1.54) is 18.9 Å². The number of carboxylic acid groups (broad SMARTS) is 1. The lowest BCUT2D eigenvalue weighted by Crippen LogP contribution is -2.71. The van der Waals surface area contributed by atoms with Crippen LogP contribution in [0.3, 0.4) is 0 Å². The molecule has 2 atom stereocenters. The summed E-state index contributed by atoms with van der Waals surface area (Å²) in [6.07, 6.45) is 7.50. The number of anilines is 2. The topological polar surface area (TPSA) is 193 Å². The molecule has 0 aromatic carbocycles. The van der Waals surface area contributed by atoms with Crippen molar-refractivity contribution in [1.29, 1.82) is 0 Å². The molecule has 37 heavy (non-hydrogen) atoms. The van der Waals surface area contributed by atoms with Crippen molar-refractivity contribution < 1.29 is 33.7 Å². The summed E-state index contributed by atoms with van der Waals surface area (Å²) >= 11 is 2.19. The van der Waals surface area contributed by atoms with Crippen LogP contribution in [0.2, 0.25) is 0 Å². The van der Waals surface area contributed by atoms with Crippen LogP contribution in [0.4, 0.5) is 10.8 Å². The fraction of sp³-hybridized carbons (Fsp3) is 0.238. The van der Waals surface area contributed by atoms with Gasteiger partial charge in [0, 0.05) is 23.4 Å². The van der Waals surface area contributed by atoms with Crippen molar-refractivity contribution in [2.45, 2.75) is 18.0 Å². The third kappa shape index (κ3) is 5.44. The summed E-state index contributed by atoms with van der Waals surface area (Å²) in [5, 5.41) is 18.1. The van der Waals surface area contributed by atoms with Gasteiger partial charge in [-0.1, -0.05) is 11.2 Å². The SMILES string of the molecule is CO/N=C(\C(=O)NC1C(=O)N2C(C(=O)O)=C(/C=C/C[n+]3cccc(NC=O)c3)CS[C@H]12)c1nsc(N)n1. The van der Waals surface area contributed by atoms with Crippen LogP contribution < -0.4 is 20.9 Å². The number of aromatic nitrogens is 3. The van der Waals surface area contributed by atoms with Crippen LogP contribution in [-0.4, -0.2) is 73.5 Å². The summed E-state index contributed by atoms with van der Waals surface area (Å²) in [6, 6.07) is 2.52. The third-order valence-electron chi connectivity index (χ3n) is 5.26. The third-order valence-corrected chi connectivity index (χ3v) is 7.10. The van der Waals surface area contributed by atoms with Crippen LogP contribution in [0, 0.1) is 0 Å². The summed E-state index contributed by atoms with van der Waals surface area (Å²) in [4.78, 5) is 58.2. The molecule has 1 fully saturated rings. The van der Waals surface area contributed by atoms with E-state index in [9.17, 15) is 24.3 Å². The first-order valence-electron chi connectivity index (χ1n) is 10.6. The van der Waals surface area contributed by atoms with Gasteiger partial charge in [-0.15, -0.1) is 11.8 Å². The highest BCUT2D eigenvalue weighted by molar-refractivity contribution is 8.00. The number of carbonyl (C=O) groups is 4. The molecule has 5 N–H and O–H groups in total. The average Bonchev–Trinajstić information content (AvgIpc) is 3.31. The standard InChI is InChI=1S/C21H20N8O6S2/c1-35-26-13(16-25-21(22)37-27-16)17(31)24-14-18(32)29-15(20(33)34)11(9-36-19(14)29)4-2-6-28-7-3-5-12(8-28)23-10-30/h2-5,7-8,10,14,19H,6,9H2,1H3,(H4-,22,23,24,25,27,30,31,33,34)/p+1/b4-2+,26-13-/t14?,19-/m1/s1. The van der Waals surface area contributed by atoms with E-state index >= 15 is 0 Å². The zero-order valence-corrected chi connectivity index (χ0v) is 20.9. The van der Waals surface area contributed by atoms with Gasteiger partial charge in [-0.3, -0.25) is 19.3 Å². The van der Waals surface area contributed by atoms with Crippen LogP contribution in [0.25, 0.3) is 0 Å². The van der Waals surface area contributed by atoms with Crippen molar-refractivity contribution >= 4 is 64.0 Å². The number of hydrogen-bond donors (Lipinski definition) is 4. The largest absolute Gasteiger partial charge is 0.477 e. The van der Waals surface area contributed by atoms with Gasteiger partial charge in [0.2, 0.25) is 17.9 Å². The lowest BCUT2D eigenvalue weighted by molar-refractivity contribution is -0.686. The van der Waals surface area contributed by atoms with Crippen molar-refractivity contribution in [3.05, 3.63) is 53.8 Å². The molecule has 1 saturated heterocycles. The normalized spacial score (nSPS) is 19.3. The number of β-lactam (4-membered cyclic amide) rings is 1. The maximum Gasteiger partial charge on any atom is 0.352 e. The minimum Gasteiger partial charge on any atom is -0.477 e. The number of carboxylic acids is 1. The van der Waals surface area contributed by atoms with Crippen molar-refractivity contribution in [1.82, 2.24) is 19.6 Å². The quantitative estimate of drug-likeness (QED) is 0.0977. The lowest BCUT2D eigenvalue weighted by Gasteiger charge is -2.49. The Hall–Kier alpha value is -4.31. The number of thioether (sulfide) groups is 1. The van der Waals surface area contributed by atoms with Gasteiger partial charge in [0.1, 0.15) is 29.9 Å². The fourth-order valence-electron chi connectivity index (χ4n) is 3.69. The van der Waals surface area contributed by atoms with Gasteiger partial charge in [0.25, 0.3) is 11.8 Å². The fourth-order valence-corrected chi connectivity index (χ4v) is 5.45. The van der Waals surface area contributed by atoms with Crippen LogP contribution >= 0.6 is 23.3 Å². The second-order valence-electron chi connectivity index (χ2n) is 7.57. The summed E-state index contributed by atoms with van der Waals surface area (Å²) in [5.74, 6) is -2.33. The number of nitrogens with one attached hydrogen (secondary N) is 2. The molecule has 2 aliphatic heterocycles. The Labute approximate surface area is 218 Å². The summed E-state index contributed by atoms with van der Waals surface area (Å²) in [7, 11) is 1.24. The second-order valence-corrected chi connectivity index (χ2v) is 9.46. The summed E-state index contributed by atoms with van der Waals surface area (Å²) in [5.41, 5.74) is 6.24. The van der Waals surface area contributed by atoms with Gasteiger partial charge >= 0.3 is 5.97 Å². The van der Waals surface area contributed by atoms with Gasteiger partial charge in [-0.2, -0.15) is 13.9 Å². The first kappa shape index (κ1) is 25.8. The molecule has 2 aliphatic rings. The molecule has 2 aromatic rings. The van der Waals surface area contributed by atoms with E-state index in [2.05, 4.69) is 25.1 Å². The van der Waals surface area contributed by atoms with Crippen molar-refractivity contribution in [3.8, 4) is 0 Å². The van der Waals surface area contributed by atoms with Crippen LogP contribution in [-0.2, 0) is 30.6 Å². The smallest absolute Gasteiger partial charge is 0.352 e. The average molecular weight is 546 g/mol. The molecule has 0 bridgehead atoms. The molecule has 4 heterocycles. The Kier molecular flexibility index (Phi) is 7.78. The van der Waals surface area contributed by atoms with Crippen molar-refractivity contribution in [2.75, 3.05) is 23.9 Å². The maximum atomic E-state index is 12.9. The number of rotatable bonds is 10. The van der Waals surface area contributed by atoms with Gasteiger partial charge in [0.15, 0.2) is 24.1 Å². The number of amides is 3. The van der Waals surface area contributed by atoms with Gasteiger partial charge in [-0.05, 0) is 17.7 Å². The van der Waals surface area contributed by atoms with Crippen LogP contribution in [0.1, 0.15) is 5.82 Å². The van der Waals surface area contributed by atoms with E-state index in [1.807, 2.05) is 0 Å². The molecule has 0 radical (unpaired) electrons. The number of nitrogens with two attached hydrogens (primary N) is 1. The number of aliphatic carboxylic acids is 1. The minimum atomic E-state index is -1.25. The van der Waals surface area contributed by atoms with Crippen LogP contribution in [0.15, 0.2) is 53.1 Å². The molecule has 0 aliphatic carbocycles. The maximum absolute atomic E-state index is 12.9. The second kappa shape index (κ2) is 11.2. The Balaban J connectivity index is 1.48. The summed E-state index contributed by atoms with van der Waals surface area (Å²) < 4.78 is 5.74. The lowest BCUT2D eigenvalue weighted by atomic mass is 10.0. The number of fused-ring (bicyclic) bond motifs is 1. The highest BCUT2D eigenvalue weighted by atomic mass is 32.2. The number of nitrogen functional groups attached to an aromatic ring is 1. The molecule has 192 valence electrons. The molecular formula is C21H21N8O6S2+. The molecule has 3 amide bonds. The van der Waals surface area contributed by atoms with Crippen molar-refractivity contribution in [3.63, 3.8) is 0 Å². The molecule has 0 spiro atoms. The Morgan fingerprint density at radius 2 is 2.27 bits per heavy atom. The van der Waals surface area contributed by atoms with E-state index in [0.29, 0.717) is 30.0 Å². The highest BCUT2D eigenvalue weighted by Gasteiger charge is 2.54. The molecule has 0 saturated carbocycles. The van der Waals surface area contributed by atoms with E-state index in [0.717, 1.165) is 16.4 Å². The van der Waals surface area contributed by atoms with Gasteiger partial charge in [0.05, 0.1) is 0 Å². The zero-order chi connectivity index (χ0) is 26.5. The Morgan fingerprint density at radius 3 is 2.95 bits per heavy atom. The minimum absolute atomic E-state index is 0.0503. The van der Waals surface area contributed by atoms with E-state index in [1.54, 1.807) is 41.2 Å². The number of carbonyl (C=O) groups excluding carboxylic acids is 3. The Morgan fingerprint density at radius 1 is 1.46 bits per heavy atom. The van der Waals surface area contributed by atoms with Crippen molar-refractivity contribution in [2.24, 2.45) is 5.16 Å². The van der Waals surface area contributed by atoms with Gasteiger partial charge in [-0.25, -0.2) is 4.79 Å². The molecule has 1 unspecified atom stereocenters. The molecule has 16 heteroatoms. The number of hydrogen-bond acceptors (Lipinski definition) is 11. The first-order valence-corrected chi connectivity index (χ1v) is 12.4. The zero-order valence-electron chi connectivity index (χ0n) is 19.2. The molecule has 2 aromatic heterocycles. The molecular weight excluding hydrogens is 524 g/mol. The number of oxime groups is 1. The highest BCUT2D eigenvalue weighted by Crippen LogP contribution is 2.40. The Bertz CT molecular complexity index is 1340. The van der Waals surface area contributed by atoms with Gasteiger partial charge < -0.3 is 26.3 Å². The molecule has 4 rings (SSSR count). The predicted octanol–water partition coefficient (Wildman–Crippen LogP) is -0.678. The first-order chi connectivity index (χ1) is 17.8. The molecule has 14 nitrogen and oxygen atoms in total. The summed E-state index contributed by atoms with van der Waals surface area (Å²) in [6.45, 7) is 0.405.